The lowest BCUT2D eigenvalue weighted by Crippen LogP contribution is -2.16. The summed E-state index contributed by atoms with van der Waals surface area (Å²) in [5, 5.41) is 2.36. The molecule has 0 saturated carbocycles. The summed E-state index contributed by atoms with van der Waals surface area (Å²) < 4.78 is 24.7. The fraction of sp³-hybridized carbons (Fsp3) is 0.0556. The zero-order valence-electron chi connectivity index (χ0n) is 12.1. The van der Waals surface area contributed by atoms with Crippen LogP contribution in [-0.4, -0.2) is 20.0 Å². The van der Waals surface area contributed by atoms with E-state index >= 15 is 0 Å². The van der Waals surface area contributed by atoms with E-state index in [0.717, 1.165) is 10.8 Å². The van der Waals surface area contributed by atoms with Crippen LogP contribution in [0.4, 0.5) is 0 Å². The van der Waals surface area contributed by atoms with Gasteiger partial charge in [-0.2, -0.15) is 0 Å². The van der Waals surface area contributed by atoms with Gasteiger partial charge >= 0.3 is 0 Å². The van der Waals surface area contributed by atoms with Crippen molar-refractivity contribution in [2.45, 2.75) is 4.90 Å². The molecule has 23 heavy (non-hydrogen) atoms. The molecule has 3 aromatic carbocycles. The van der Waals surface area contributed by atoms with Crippen LogP contribution in [-0.2, 0) is 9.84 Å². The van der Waals surface area contributed by atoms with Crippen molar-refractivity contribution in [3.8, 4) is 0 Å². The SMILES string of the molecule is O=C(CS(=O)(=O)c1ccc(Cl)cc1)c1ccc2ccccc2c1. The van der Waals surface area contributed by atoms with Gasteiger partial charge in [0.25, 0.3) is 0 Å². The van der Waals surface area contributed by atoms with E-state index in [-0.39, 0.29) is 4.90 Å². The van der Waals surface area contributed by atoms with E-state index in [9.17, 15) is 13.2 Å². The number of sulfone groups is 1. The highest BCUT2D eigenvalue weighted by atomic mass is 35.5. The van der Waals surface area contributed by atoms with Crippen LogP contribution in [0.1, 0.15) is 10.4 Å². The second-order valence-electron chi connectivity index (χ2n) is 5.20. The van der Waals surface area contributed by atoms with E-state index in [2.05, 4.69) is 0 Å². The number of ketones is 1. The van der Waals surface area contributed by atoms with Gasteiger partial charge < -0.3 is 0 Å². The lowest BCUT2D eigenvalue weighted by Gasteiger charge is -2.06. The summed E-state index contributed by atoms with van der Waals surface area (Å²) in [7, 11) is -3.69. The van der Waals surface area contributed by atoms with E-state index in [1.807, 2.05) is 30.3 Å². The second kappa shape index (κ2) is 6.14. The molecular formula is C18H13ClO3S. The van der Waals surface area contributed by atoms with Gasteiger partial charge in [0.05, 0.1) is 4.90 Å². The van der Waals surface area contributed by atoms with E-state index in [0.29, 0.717) is 10.6 Å². The van der Waals surface area contributed by atoms with Crippen molar-refractivity contribution in [3.63, 3.8) is 0 Å². The number of benzene rings is 3. The van der Waals surface area contributed by atoms with Crippen molar-refractivity contribution in [2.75, 3.05) is 5.75 Å². The molecule has 116 valence electrons. The van der Waals surface area contributed by atoms with Crippen LogP contribution in [0.2, 0.25) is 5.02 Å². The van der Waals surface area contributed by atoms with E-state index in [1.54, 1.807) is 12.1 Å². The third-order valence-corrected chi connectivity index (χ3v) is 5.45. The van der Waals surface area contributed by atoms with Gasteiger partial charge in [-0.25, -0.2) is 8.42 Å². The Morgan fingerprint density at radius 2 is 1.52 bits per heavy atom. The summed E-state index contributed by atoms with van der Waals surface area (Å²) in [4.78, 5) is 12.4. The molecule has 0 bridgehead atoms. The number of carbonyl (C=O) groups excluding carboxylic acids is 1. The van der Waals surface area contributed by atoms with Crippen molar-refractivity contribution in [1.82, 2.24) is 0 Å². The Balaban J connectivity index is 1.88. The molecule has 0 aliphatic carbocycles. The van der Waals surface area contributed by atoms with Crippen LogP contribution in [0.3, 0.4) is 0 Å². The molecule has 0 atom stereocenters. The Hall–Kier alpha value is -2.17. The summed E-state index contributed by atoms with van der Waals surface area (Å²) in [6.07, 6.45) is 0. The minimum Gasteiger partial charge on any atom is -0.293 e. The highest BCUT2D eigenvalue weighted by molar-refractivity contribution is 7.92. The van der Waals surface area contributed by atoms with Gasteiger partial charge in [0.2, 0.25) is 0 Å². The molecule has 0 saturated heterocycles. The zero-order chi connectivity index (χ0) is 16.4. The molecular weight excluding hydrogens is 332 g/mol. The van der Waals surface area contributed by atoms with Gasteiger partial charge in [0.1, 0.15) is 5.75 Å². The Kier molecular flexibility index (Phi) is 4.20. The van der Waals surface area contributed by atoms with Crippen LogP contribution in [0.25, 0.3) is 10.8 Å². The number of rotatable bonds is 4. The van der Waals surface area contributed by atoms with Gasteiger partial charge in [0.15, 0.2) is 15.6 Å². The summed E-state index contributed by atoms with van der Waals surface area (Å²) in [6, 6.07) is 18.6. The lowest BCUT2D eigenvalue weighted by molar-refractivity contribution is 0.102. The van der Waals surface area contributed by atoms with Crippen LogP contribution < -0.4 is 0 Å². The van der Waals surface area contributed by atoms with Crippen molar-refractivity contribution >= 4 is 38.0 Å². The first-order chi connectivity index (χ1) is 11.0. The number of hydrogen-bond acceptors (Lipinski definition) is 3. The van der Waals surface area contributed by atoms with Crippen molar-refractivity contribution in [1.29, 1.82) is 0 Å². The van der Waals surface area contributed by atoms with Crippen molar-refractivity contribution in [3.05, 3.63) is 77.3 Å². The summed E-state index contributed by atoms with van der Waals surface area (Å²) in [6.45, 7) is 0. The molecule has 3 rings (SSSR count). The standard InChI is InChI=1S/C18H13ClO3S/c19-16-7-9-17(10-8-16)23(21,22)12-18(20)15-6-5-13-3-1-2-4-14(13)11-15/h1-11H,12H2. The van der Waals surface area contributed by atoms with Crippen LogP contribution in [0.5, 0.6) is 0 Å². The van der Waals surface area contributed by atoms with E-state index < -0.39 is 21.4 Å². The summed E-state index contributed by atoms with van der Waals surface area (Å²) >= 11 is 5.76. The average Bonchev–Trinajstić information content (AvgIpc) is 2.54. The molecule has 3 nitrogen and oxygen atoms in total. The number of halogens is 1. The summed E-state index contributed by atoms with van der Waals surface area (Å²) in [5.41, 5.74) is 0.390. The maximum Gasteiger partial charge on any atom is 0.185 e. The fourth-order valence-electron chi connectivity index (χ4n) is 2.34. The molecule has 0 radical (unpaired) electrons. The topological polar surface area (TPSA) is 51.2 Å². The van der Waals surface area contributed by atoms with Crippen LogP contribution >= 0.6 is 11.6 Å². The molecule has 0 aliphatic rings. The van der Waals surface area contributed by atoms with Gasteiger partial charge in [-0.15, -0.1) is 0 Å². The molecule has 3 aromatic rings. The number of hydrogen-bond donors (Lipinski definition) is 0. The first kappa shape index (κ1) is 15.7. The quantitative estimate of drug-likeness (QED) is 0.668. The smallest absolute Gasteiger partial charge is 0.185 e. The largest absolute Gasteiger partial charge is 0.293 e. The first-order valence-electron chi connectivity index (χ1n) is 6.96. The molecule has 0 unspecified atom stereocenters. The Morgan fingerprint density at radius 3 is 2.22 bits per heavy atom. The van der Waals surface area contributed by atoms with Crippen molar-refractivity contribution in [2.24, 2.45) is 0 Å². The Labute approximate surface area is 139 Å². The van der Waals surface area contributed by atoms with Crippen molar-refractivity contribution < 1.29 is 13.2 Å². The normalized spacial score (nSPS) is 11.5. The highest BCUT2D eigenvalue weighted by Crippen LogP contribution is 2.19. The maximum absolute atomic E-state index is 12.3. The maximum atomic E-state index is 12.3. The zero-order valence-corrected chi connectivity index (χ0v) is 13.6. The minimum absolute atomic E-state index is 0.0936. The second-order valence-corrected chi connectivity index (χ2v) is 7.62. The van der Waals surface area contributed by atoms with Gasteiger partial charge in [-0.1, -0.05) is 48.0 Å². The lowest BCUT2D eigenvalue weighted by atomic mass is 10.1. The molecule has 0 heterocycles. The minimum atomic E-state index is -3.69. The van der Waals surface area contributed by atoms with E-state index in [4.69, 9.17) is 11.6 Å². The Morgan fingerprint density at radius 1 is 0.870 bits per heavy atom. The number of fused-ring (bicyclic) bond motifs is 1. The average molecular weight is 345 g/mol. The summed E-state index contributed by atoms with van der Waals surface area (Å²) in [5.74, 6) is -0.988. The van der Waals surface area contributed by atoms with Gasteiger partial charge in [0, 0.05) is 10.6 Å². The van der Waals surface area contributed by atoms with Gasteiger partial charge in [-0.3, -0.25) is 4.79 Å². The predicted molar refractivity (Wildman–Crippen MR) is 91.8 cm³/mol. The number of Topliss-reactive ketones (excluding diaryl/α,β-unsaturated/α-hetero) is 1. The first-order valence-corrected chi connectivity index (χ1v) is 8.99. The monoisotopic (exact) mass is 344 g/mol. The van der Waals surface area contributed by atoms with Gasteiger partial charge in [-0.05, 0) is 41.1 Å². The molecule has 0 spiro atoms. The van der Waals surface area contributed by atoms with E-state index in [1.165, 1.54) is 24.3 Å². The fourth-order valence-corrected chi connectivity index (χ4v) is 3.70. The Bertz CT molecular complexity index is 977. The molecule has 0 N–H and O–H groups in total. The highest BCUT2D eigenvalue weighted by Gasteiger charge is 2.20. The third kappa shape index (κ3) is 3.44. The molecule has 0 amide bonds. The number of carbonyl (C=O) groups is 1. The molecule has 0 fully saturated rings. The predicted octanol–water partition coefficient (Wildman–Crippen LogP) is 4.15. The van der Waals surface area contributed by atoms with Crippen LogP contribution in [0.15, 0.2) is 71.6 Å². The molecule has 5 heteroatoms. The molecule has 0 aromatic heterocycles. The third-order valence-electron chi connectivity index (χ3n) is 3.57. The molecule has 0 aliphatic heterocycles. The van der Waals surface area contributed by atoms with Crippen LogP contribution in [0, 0.1) is 0 Å².